The Morgan fingerprint density at radius 1 is 0.943 bits per heavy atom. The number of hydrogen-bond donors (Lipinski definition) is 3. The zero-order chi connectivity index (χ0) is 26.0. The van der Waals surface area contributed by atoms with Crippen LogP contribution >= 0.6 is 27.5 Å². The van der Waals surface area contributed by atoms with Gasteiger partial charge < -0.3 is 21.1 Å². The Labute approximate surface area is 215 Å². The second-order valence-corrected chi connectivity index (χ2v) is 8.17. The van der Waals surface area contributed by atoms with Crippen LogP contribution in [0.25, 0.3) is 0 Å². The fourth-order valence-corrected chi connectivity index (χ4v) is 3.34. The number of ether oxygens (including phenoxy) is 1. The minimum Gasteiger partial charge on any atom is -0.487 e. The molecule has 0 radical (unpaired) electrons. The summed E-state index contributed by atoms with van der Waals surface area (Å²) in [7, 11) is 0. The van der Waals surface area contributed by atoms with Crippen molar-refractivity contribution in [3.05, 3.63) is 86.8 Å². The number of anilines is 2. The zero-order valence-corrected chi connectivity index (χ0v) is 21.4. The van der Waals surface area contributed by atoms with Gasteiger partial charge >= 0.3 is 0 Å². The molecule has 10 heteroatoms. The average molecular weight is 569 g/mol. The Balaban J connectivity index is 0.00000210. The van der Waals surface area contributed by atoms with Gasteiger partial charge in [-0.2, -0.15) is 0 Å². The van der Waals surface area contributed by atoms with Gasteiger partial charge in [0.25, 0.3) is 18.2 Å². The second-order valence-electron chi connectivity index (χ2n) is 6.85. The molecule has 0 unspecified atom stereocenters. The molecule has 3 aromatic rings. The maximum atomic E-state index is 12.9. The summed E-state index contributed by atoms with van der Waals surface area (Å²) in [5, 5.41) is 5.56. The predicted molar refractivity (Wildman–Crippen MR) is 139 cm³/mol. The van der Waals surface area contributed by atoms with E-state index >= 15 is 0 Å². The van der Waals surface area contributed by atoms with Crippen molar-refractivity contribution >= 4 is 50.7 Å². The Hall–Kier alpha value is -3.01. The number of carbonyl (C=O) groups excluding carboxylic acids is 2. The van der Waals surface area contributed by atoms with Crippen molar-refractivity contribution in [1.29, 1.82) is 0 Å². The summed E-state index contributed by atoms with van der Waals surface area (Å²) in [5.74, 6) is -1.16. The highest BCUT2D eigenvalue weighted by Crippen LogP contribution is 2.26. The van der Waals surface area contributed by atoms with Crippen LogP contribution < -0.4 is 21.1 Å². The highest BCUT2D eigenvalue weighted by molar-refractivity contribution is 9.10. The van der Waals surface area contributed by atoms with Gasteiger partial charge in [-0.05, 0) is 60.2 Å². The van der Waals surface area contributed by atoms with Crippen LogP contribution in [0.15, 0.2) is 65.1 Å². The molecule has 0 aliphatic carbocycles. The van der Waals surface area contributed by atoms with Gasteiger partial charge in [0.05, 0.1) is 16.1 Å². The van der Waals surface area contributed by atoms with Crippen molar-refractivity contribution in [2.45, 2.75) is 26.8 Å². The molecule has 2 amide bonds. The minimum absolute atomic E-state index is 0.0295. The number of alkyl halides is 2. The Morgan fingerprint density at radius 2 is 1.54 bits per heavy atom. The fourth-order valence-electron chi connectivity index (χ4n) is 2.87. The van der Waals surface area contributed by atoms with E-state index in [1.807, 2.05) is 13.8 Å². The van der Waals surface area contributed by atoms with Crippen molar-refractivity contribution in [2.24, 2.45) is 5.73 Å². The summed E-state index contributed by atoms with van der Waals surface area (Å²) >= 11 is 9.44. The summed E-state index contributed by atoms with van der Waals surface area (Å²) in [6.45, 7) is 3.35. The van der Waals surface area contributed by atoms with Crippen LogP contribution in [0.1, 0.15) is 40.1 Å². The number of rotatable bonds is 8. The Kier molecular flexibility index (Phi) is 11.1. The second kappa shape index (κ2) is 13.8. The van der Waals surface area contributed by atoms with E-state index in [0.29, 0.717) is 5.69 Å². The van der Waals surface area contributed by atoms with Crippen LogP contribution in [0.4, 0.5) is 20.2 Å². The highest BCUT2D eigenvalue weighted by Gasteiger charge is 2.18. The Bertz CT molecular complexity index is 1160. The van der Waals surface area contributed by atoms with Crippen molar-refractivity contribution in [1.82, 2.24) is 0 Å². The summed E-state index contributed by atoms with van der Waals surface area (Å²) in [6, 6.07) is 15.8. The maximum absolute atomic E-state index is 12.9. The van der Waals surface area contributed by atoms with Crippen LogP contribution in [-0.4, -0.2) is 24.8 Å². The standard InChI is InChI=1S/C23H19BrClF2N3O3.C2H6/c24-14-2-4-15(5-3-14)29-23(32)18-10-16(6-8-20(18)33-12-21(26)27)30-22(31)17-9-13(11-28)1-7-19(17)25;1-2/h1-10,21H,11-12,28H2,(H,29,32)(H,30,31);1-2H3. The van der Waals surface area contributed by atoms with E-state index in [1.165, 1.54) is 18.2 Å². The molecule has 0 bridgehead atoms. The van der Waals surface area contributed by atoms with Crippen LogP contribution in [-0.2, 0) is 6.54 Å². The van der Waals surface area contributed by atoms with E-state index in [0.717, 1.165) is 10.0 Å². The lowest BCUT2D eigenvalue weighted by Gasteiger charge is -2.14. The lowest BCUT2D eigenvalue weighted by Crippen LogP contribution is -2.17. The molecule has 35 heavy (non-hydrogen) atoms. The molecule has 6 nitrogen and oxygen atoms in total. The summed E-state index contributed by atoms with van der Waals surface area (Å²) in [5.41, 5.74) is 7.26. The zero-order valence-electron chi connectivity index (χ0n) is 19.1. The molecular weight excluding hydrogens is 544 g/mol. The van der Waals surface area contributed by atoms with E-state index < -0.39 is 24.8 Å². The molecule has 0 aliphatic heterocycles. The van der Waals surface area contributed by atoms with E-state index in [9.17, 15) is 18.4 Å². The van der Waals surface area contributed by atoms with E-state index in [-0.39, 0.29) is 34.1 Å². The first-order valence-corrected chi connectivity index (χ1v) is 11.9. The molecular formula is C25H25BrClF2N3O3. The van der Waals surface area contributed by atoms with Gasteiger partial charge in [0.2, 0.25) is 0 Å². The van der Waals surface area contributed by atoms with Crippen LogP contribution in [0.2, 0.25) is 5.02 Å². The first-order chi connectivity index (χ1) is 16.8. The van der Waals surface area contributed by atoms with Gasteiger partial charge in [-0.3, -0.25) is 9.59 Å². The first-order valence-electron chi connectivity index (χ1n) is 10.7. The molecule has 0 atom stereocenters. The van der Waals surface area contributed by atoms with Gasteiger partial charge in [-0.15, -0.1) is 0 Å². The van der Waals surface area contributed by atoms with Gasteiger partial charge in [-0.1, -0.05) is 47.4 Å². The number of nitrogens with two attached hydrogens (primary N) is 1. The molecule has 0 spiro atoms. The van der Waals surface area contributed by atoms with Crippen molar-refractivity contribution in [2.75, 3.05) is 17.2 Å². The number of halogens is 4. The molecule has 4 N–H and O–H groups in total. The topological polar surface area (TPSA) is 93.5 Å². The van der Waals surface area contributed by atoms with Gasteiger partial charge in [0.1, 0.15) is 12.4 Å². The first kappa shape index (κ1) is 28.2. The predicted octanol–water partition coefficient (Wildman–Crippen LogP) is 6.74. The SMILES string of the molecule is CC.NCc1ccc(Cl)c(C(=O)Nc2ccc(OCC(F)F)c(C(=O)Nc3ccc(Br)cc3)c2)c1. The van der Waals surface area contributed by atoms with Crippen LogP contribution in [0.5, 0.6) is 5.75 Å². The third-order valence-corrected chi connectivity index (χ3v) is 5.32. The quantitative estimate of drug-likeness (QED) is 0.281. The monoisotopic (exact) mass is 567 g/mol. The molecule has 0 saturated carbocycles. The number of carbonyl (C=O) groups is 2. The molecule has 0 aliphatic rings. The van der Waals surface area contributed by atoms with Crippen LogP contribution in [0, 0.1) is 0 Å². The van der Waals surface area contributed by atoms with Crippen molar-refractivity contribution < 1.29 is 23.1 Å². The van der Waals surface area contributed by atoms with Gasteiger partial charge in [-0.25, -0.2) is 8.78 Å². The van der Waals surface area contributed by atoms with Gasteiger partial charge in [0.15, 0.2) is 0 Å². The number of benzene rings is 3. The smallest absolute Gasteiger partial charge is 0.272 e. The molecule has 0 heterocycles. The van der Waals surface area contributed by atoms with E-state index in [1.54, 1.807) is 42.5 Å². The van der Waals surface area contributed by atoms with Crippen molar-refractivity contribution in [3.63, 3.8) is 0 Å². The summed E-state index contributed by atoms with van der Waals surface area (Å²) < 4.78 is 31.3. The lowest BCUT2D eigenvalue weighted by molar-refractivity contribution is 0.0803. The van der Waals surface area contributed by atoms with E-state index in [2.05, 4.69) is 26.6 Å². The molecule has 3 aromatic carbocycles. The third-order valence-electron chi connectivity index (χ3n) is 4.46. The molecule has 0 fully saturated rings. The average Bonchev–Trinajstić information content (AvgIpc) is 2.86. The van der Waals surface area contributed by atoms with E-state index in [4.69, 9.17) is 22.1 Å². The highest BCUT2D eigenvalue weighted by atomic mass is 79.9. The summed E-state index contributed by atoms with van der Waals surface area (Å²) in [6.07, 6.45) is -2.72. The number of amides is 2. The Morgan fingerprint density at radius 3 is 2.17 bits per heavy atom. The normalized spacial score (nSPS) is 10.3. The largest absolute Gasteiger partial charge is 0.487 e. The molecule has 0 aromatic heterocycles. The van der Waals surface area contributed by atoms with Crippen molar-refractivity contribution in [3.8, 4) is 5.75 Å². The maximum Gasteiger partial charge on any atom is 0.272 e. The molecule has 3 rings (SSSR count). The molecule has 0 saturated heterocycles. The lowest BCUT2D eigenvalue weighted by atomic mass is 10.1. The fraction of sp³-hybridized carbons (Fsp3) is 0.200. The summed E-state index contributed by atoms with van der Waals surface area (Å²) in [4.78, 5) is 25.6. The number of hydrogen-bond acceptors (Lipinski definition) is 4. The number of nitrogens with one attached hydrogen (secondary N) is 2. The third kappa shape index (κ3) is 8.31. The van der Waals surface area contributed by atoms with Gasteiger partial charge in [0, 0.05) is 22.4 Å². The molecule has 186 valence electrons. The van der Waals surface area contributed by atoms with Crippen LogP contribution in [0.3, 0.4) is 0 Å². The minimum atomic E-state index is -2.72.